The zero-order valence-corrected chi connectivity index (χ0v) is 15.1. The Morgan fingerprint density at radius 1 is 1.17 bits per heavy atom. The molecular formula is C18H33NO4. The molecule has 0 heterocycles. The predicted molar refractivity (Wildman–Crippen MR) is 92.2 cm³/mol. The van der Waals surface area contributed by atoms with Crippen molar-refractivity contribution >= 4 is 12.1 Å². The first kappa shape index (κ1) is 21.5. The van der Waals surface area contributed by atoms with E-state index in [0.29, 0.717) is 25.6 Å². The fourth-order valence-electron chi connectivity index (χ4n) is 2.01. The number of hydrogen-bond acceptors (Lipinski definition) is 4. The molecule has 0 saturated carbocycles. The molecule has 0 aromatic heterocycles. The SMILES string of the molecule is C=CCC(NC(=O)OCC(CC)CCCC)C(=O)OCC(C)C. The fraction of sp³-hybridized carbons (Fsp3) is 0.778. The number of alkyl carbamates (subject to hydrolysis) is 1. The fourth-order valence-corrected chi connectivity index (χ4v) is 2.01. The molecule has 0 aliphatic heterocycles. The van der Waals surface area contributed by atoms with E-state index in [9.17, 15) is 9.59 Å². The number of unbranched alkanes of at least 4 members (excludes halogenated alkanes) is 1. The third kappa shape index (κ3) is 10.8. The van der Waals surface area contributed by atoms with E-state index in [1.165, 1.54) is 0 Å². The molecule has 0 bridgehead atoms. The van der Waals surface area contributed by atoms with Gasteiger partial charge in [-0.1, -0.05) is 53.0 Å². The summed E-state index contributed by atoms with van der Waals surface area (Å²) in [5, 5.41) is 2.57. The molecule has 2 atom stereocenters. The Kier molecular flexibility index (Phi) is 12.1. The van der Waals surface area contributed by atoms with E-state index in [-0.39, 0.29) is 5.92 Å². The Bertz CT molecular complexity index is 355. The zero-order valence-electron chi connectivity index (χ0n) is 15.1. The molecule has 0 fully saturated rings. The van der Waals surface area contributed by atoms with Crippen molar-refractivity contribution in [3.63, 3.8) is 0 Å². The van der Waals surface area contributed by atoms with Crippen molar-refractivity contribution in [3.8, 4) is 0 Å². The summed E-state index contributed by atoms with van der Waals surface area (Å²) in [5.74, 6) is 0.166. The standard InChI is InChI=1S/C18H33NO4/c1-6-9-11-15(8-3)13-23-18(21)19-16(10-7-2)17(20)22-12-14(4)5/h7,14-16H,2,6,8-13H2,1,3-5H3,(H,19,21). The third-order valence-corrected chi connectivity index (χ3v) is 3.53. The van der Waals surface area contributed by atoms with E-state index >= 15 is 0 Å². The number of nitrogens with one attached hydrogen (secondary N) is 1. The summed E-state index contributed by atoms with van der Waals surface area (Å²) in [6.07, 6.45) is 5.60. The summed E-state index contributed by atoms with van der Waals surface area (Å²) in [6.45, 7) is 12.5. The molecule has 0 saturated heterocycles. The number of carbonyl (C=O) groups excluding carboxylic acids is 2. The van der Waals surface area contributed by atoms with Gasteiger partial charge in [0.1, 0.15) is 6.04 Å². The first-order chi connectivity index (χ1) is 10.9. The molecule has 1 amide bonds. The molecule has 5 heteroatoms. The van der Waals surface area contributed by atoms with Gasteiger partial charge in [-0.05, 0) is 24.7 Å². The van der Waals surface area contributed by atoms with Gasteiger partial charge in [0.2, 0.25) is 0 Å². The highest BCUT2D eigenvalue weighted by atomic mass is 16.6. The lowest BCUT2D eigenvalue weighted by molar-refractivity contribution is -0.147. The molecule has 0 spiro atoms. The van der Waals surface area contributed by atoms with Crippen molar-refractivity contribution < 1.29 is 19.1 Å². The first-order valence-corrected chi connectivity index (χ1v) is 8.65. The van der Waals surface area contributed by atoms with Crippen molar-refractivity contribution in [3.05, 3.63) is 12.7 Å². The summed E-state index contributed by atoms with van der Waals surface area (Å²) in [4.78, 5) is 23.9. The third-order valence-electron chi connectivity index (χ3n) is 3.53. The lowest BCUT2D eigenvalue weighted by atomic mass is 10.0. The van der Waals surface area contributed by atoms with E-state index in [0.717, 1.165) is 25.7 Å². The molecule has 5 nitrogen and oxygen atoms in total. The predicted octanol–water partition coefficient (Wildman–Crippen LogP) is 4.07. The van der Waals surface area contributed by atoms with Crippen LogP contribution < -0.4 is 5.32 Å². The number of ether oxygens (including phenoxy) is 2. The minimum absolute atomic E-state index is 0.249. The average Bonchev–Trinajstić information content (AvgIpc) is 2.52. The van der Waals surface area contributed by atoms with Gasteiger partial charge in [-0.2, -0.15) is 0 Å². The van der Waals surface area contributed by atoms with Crippen LogP contribution in [0.2, 0.25) is 0 Å². The van der Waals surface area contributed by atoms with Crippen LogP contribution in [0.1, 0.15) is 59.8 Å². The van der Waals surface area contributed by atoms with Crippen molar-refractivity contribution in [2.24, 2.45) is 11.8 Å². The summed E-state index contributed by atoms with van der Waals surface area (Å²) in [6, 6.07) is -0.741. The second-order valence-corrected chi connectivity index (χ2v) is 6.26. The number of carbonyl (C=O) groups is 2. The molecular weight excluding hydrogens is 294 g/mol. The Hall–Kier alpha value is -1.52. The van der Waals surface area contributed by atoms with Gasteiger partial charge in [-0.25, -0.2) is 9.59 Å². The van der Waals surface area contributed by atoms with Crippen molar-refractivity contribution in [2.45, 2.75) is 65.8 Å². The highest BCUT2D eigenvalue weighted by Crippen LogP contribution is 2.13. The zero-order chi connectivity index (χ0) is 17.7. The van der Waals surface area contributed by atoms with E-state index in [4.69, 9.17) is 9.47 Å². The quantitative estimate of drug-likeness (QED) is 0.433. The molecule has 0 aliphatic carbocycles. The summed E-state index contributed by atoms with van der Waals surface area (Å²) in [5.41, 5.74) is 0. The van der Waals surface area contributed by atoms with Gasteiger partial charge < -0.3 is 14.8 Å². The Labute approximate surface area is 140 Å². The second kappa shape index (κ2) is 13.0. The average molecular weight is 327 g/mol. The number of rotatable bonds is 12. The lowest BCUT2D eigenvalue weighted by Gasteiger charge is -2.19. The van der Waals surface area contributed by atoms with Crippen LogP contribution in [-0.4, -0.2) is 31.3 Å². The largest absolute Gasteiger partial charge is 0.464 e. The van der Waals surface area contributed by atoms with Gasteiger partial charge in [-0.15, -0.1) is 6.58 Å². The monoisotopic (exact) mass is 327 g/mol. The minimum atomic E-state index is -0.741. The van der Waals surface area contributed by atoms with Gasteiger partial charge in [0.25, 0.3) is 0 Å². The van der Waals surface area contributed by atoms with Crippen LogP contribution in [0.25, 0.3) is 0 Å². The van der Waals surface area contributed by atoms with Crippen LogP contribution >= 0.6 is 0 Å². The maximum absolute atomic E-state index is 12.0. The molecule has 0 aromatic carbocycles. The van der Waals surface area contributed by atoms with Gasteiger partial charge in [0.05, 0.1) is 13.2 Å². The highest BCUT2D eigenvalue weighted by molar-refractivity contribution is 5.81. The van der Waals surface area contributed by atoms with Crippen molar-refractivity contribution in [1.82, 2.24) is 5.32 Å². The van der Waals surface area contributed by atoms with Gasteiger partial charge in [-0.3, -0.25) is 0 Å². The Morgan fingerprint density at radius 3 is 2.39 bits per heavy atom. The molecule has 134 valence electrons. The van der Waals surface area contributed by atoms with Crippen LogP contribution in [0.3, 0.4) is 0 Å². The topological polar surface area (TPSA) is 64.6 Å². The van der Waals surface area contributed by atoms with Crippen LogP contribution in [0.5, 0.6) is 0 Å². The van der Waals surface area contributed by atoms with E-state index in [1.807, 2.05) is 13.8 Å². The maximum atomic E-state index is 12.0. The second-order valence-electron chi connectivity index (χ2n) is 6.26. The van der Waals surface area contributed by atoms with Crippen LogP contribution in [0.4, 0.5) is 4.79 Å². The Morgan fingerprint density at radius 2 is 1.87 bits per heavy atom. The summed E-state index contributed by atoms with van der Waals surface area (Å²) in [7, 11) is 0. The highest BCUT2D eigenvalue weighted by Gasteiger charge is 2.22. The minimum Gasteiger partial charge on any atom is -0.464 e. The summed E-state index contributed by atoms with van der Waals surface area (Å²) < 4.78 is 10.4. The number of amides is 1. The molecule has 0 rings (SSSR count). The molecule has 0 aromatic rings. The van der Waals surface area contributed by atoms with Crippen molar-refractivity contribution in [1.29, 1.82) is 0 Å². The van der Waals surface area contributed by atoms with E-state index in [2.05, 4.69) is 25.7 Å². The molecule has 0 aliphatic rings. The molecule has 0 radical (unpaired) electrons. The smallest absolute Gasteiger partial charge is 0.407 e. The molecule has 1 N–H and O–H groups in total. The Balaban J connectivity index is 4.32. The number of hydrogen-bond donors (Lipinski definition) is 1. The van der Waals surface area contributed by atoms with Crippen LogP contribution in [0.15, 0.2) is 12.7 Å². The van der Waals surface area contributed by atoms with Crippen LogP contribution in [0, 0.1) is 11.8 Å². The van der Waals surface area contributed by atoms with Gasteiger partial charge in [0.15, 0.2) is 0 Å². The normalized spacial score (nSPS) is 13.3. The van der Waals surface area contributed by atoms with Crippen molar-refractivity contribution in [2.75, 3.05) is 13.2 Å². The lowest BCUT2D eigenvalue weighted by Crippen LogP contribution is -2.42. The van der Waals surface area contributed by atoms with Crippen LogP contribution in [-0.2, 0) is 14.3 Å². The first-order valence-electron chi connectivity index (χ1n) is 8.65. The summed E-state index contributed by atoms with van der Waals surface area (Å²) >= 11 is 0. The maximum Gasteiger partial charge on any atom is 0.407 e. The molecule has 2 unspecified atom stereocenters. The van der Waals surface area contributed by atoms with Gasteiger partial charge in [0, 0.05) is 0 Å². The van der Waals surface area contributed by atoms with E-state index in [1.54, 1.807) is 6.08 Å². The van der Waals surface area contributed by atoms with Gasteiger partial charge >= 0.3 is 12.1 Å². The number of esters is 1. The molecule has 23 heavy (non-hydrogen) atoms. The van der Waals surface area contributed by atoms with E-state index < -0.39 is 18.1 Å².